The van der Waals surface area contributed by atoms with E-state index in [1.807, 2.05) is 19.1 Å². The number of rotatable bonds is 4. The van der Waals surface area contributed by atoms with Crippen LogP contribution in [0.5, 0.6) is 0 Å². The van der Waals surface area contributed by atoms with Gasteiger partial charge in [-0.2, -0.15) is 0 Å². The highest BCUT2D eigenvalue weighted by atomic mass is 79.9. The lowest BCUT2D eigenvalue weighted by molar-refractivity contribution is 0.520. The van der Waals surface area contributed by atoms with Gasteiger partial charge in [-0.05, 0) is 43.7 Å². The summed E-state index contributed by atoms with van der Waals surface area (Å²) in [5.41, 5.74) is 0.787. The average Bonchev–Trinajstić information content (AvgIpc) is 2.73. The quantitative estimate of drug-likeness (QED) is 0.862. The minimum atomic E-state index is -3.36. The molecule has 2 atom stereocenters. The summed E-state index contributed by atoms with van der Waals surface area (Å²) in [6, 6.07) is 7.07. The molecule has 100 valence electrons. The summed E-state index contributed by atoms with van der Waals surface area (Å²) < 4.78 is 27.1. The molecule has 0 amide bonds. The zero-order valence-electron chi connectivity index (χ0n) is 10.4. The van der Waals surface area contributed by atoms with Gasteiger partial charge in [-0.25, -0.2) is 13.1 Å². The van der Waals surface area contributed by atoms with Crippen LogP contribution in [-0.2, 0) is 10.0 Å². The molecule has 0 heterocycles. The number of hydrogen-bond donors (Lipinski definition) is 1. The molecule has 2 unspecified atom stereocenters. The third kappa shape index (κ3) is 3.33. The van der Waals surface area contributed by atoms with Crippen molar-refractivity contribution in [3.63, 3.8) is 0 Å². The first-order valence-corrected chi connectivity index (χ1v) is 8.58. The van der Waals surface area contributed by atoms with Gasteiger partial charge in [0, 0.05) is 11.4 Å². The molecule has 0 saturated heterocycles. The van der Waals surface area contributed by atoms with Crippen LogP contribution >= 0.6 is 15.9 Å². The van der Waals surface area contributed by atoms with E-state index >= 15 is 0 Å². The van der Waals surface area contributed by atoms with E-state index < -0.39 is 10.0 Å². The second-order valence-corrected chi connectivity index (χ2v) is 7.92. The fourth-order valence-electron chi connectivity index (χ4n) is 2.36. The first kappa shape index (κ1) is 14.0. The van der Waals surface area contributed by atoms with Crippen LogP contribution in [-0.4, -0.2) is 19.8 Å². The molecule has 1 aliphatic carbocycles. The van der Waals surface area contributed by atoms with Crippen molar-refractivity contribution >= 4 is 26.0 Å². The molecular formula is C13H18BrNO2S. The lowest BCUT2D eigenvalue weighted by atomic mass is 10.1. The Balaban J connectivity index is 2.02. The van der Waals surface area contributed by atoms with Crippen molar-refractivity contribution in [3.8, 4) is 0 Å². The molecule has 0 aliphatic heterocycles. The van der Waals surface area contributed by atoms with Crippen molar-refractivity contribution in [2.24, 2.45) is 5.92 Å². The number of halogens is 1. The predicted octanol–water partition coefficient (Wildman–Crippen LogP) is 2.84. The highest BCUT2D eigenvalue weighted by Gasteiger charge is 2.24. The summed E-state index contributed by atoms with van der Waals surface area (Å²) in [6.07, 6.45) is 3.28. The summed E-state index contributed by atoms with van der Waals surface area (Å²) in [7, 11) is -3.36. The normalized spacial score (nSPS) is 24.3. The number of sulfonamides is 1. The molecular weight excluding hydrogens is 314 g/mol. The monoisotopic (exact) mass is 331 g/mol. The van der Waals surface area contributed by atoms with Crippen LogP contribution in [0.15, 0.2) is 29.2 Å². The van der Waals surface area contributed by atoms with Gasteiger partial charge in [-0.1, -0.05) is 34.1 Å². The highest BCUT2D eigenvalue weighted by Crippen LogP contribution is 2.30. The Labute approximate surface area is 117 Å². The van der Waals surface area contributed by atoms with E-state index in [1.165, 1.54) is 0 Å². The lowest BCUT2D eigenvalue weighted by Gasteiger charge is -2.12. The maximum Gasteiger partial charge on any atom is 0.240 e. The number of nitrogens with one attached hydrogen (secondary N) is 1. The molecule has 0 radical (unpaired) electrons. The smallest absolute Gasteiger partial charge is 0.211 e. The van der Waals surface area contributed by atoms with E-state index in [4.69, 9.17) is 0 Å². The molecule has 1 saturated carbocycles. The van der Waals surface area contributed by atoms with Crippen LogP contribution in [0, 0.1) is 12.8 Å². The second kappa shape index (κ2) is 5.72. The van der Waals surface area contributed by atoms with E-state index in [0.29, 0.717) is 22.2 Å². The van der Waals surface area contributed by atoms with Crippen molar-refractivity contribution in [3.05, 3.63) is 29.8 Å². The predicted molar refractivity (Wildman–Crippen MR) is 76.4 cm³/mol. The summed E-state index contributed by atoms with van der Waals surface area (Å²) >= 11 is 3.58. The lowest BCUT2D eigenvalue weighted by Crippen LogP contribution is -2.29. The van der Waals surface area contributed by atoms with Gasteiger partial charge in [0.15, 0.2) is 0 Å². The first-order valence-electron chi connectivity index (χ1n) is 6.18. The molecule has 1 aliphatic rings. The zero-order valence-corrected chi connectivity index (χ0v) is 12.8. The van der Waals surface area contributed by atoms with E-state index in [-0.39, 0.29) is 0 Å². The summed E-state index contributed by atoms with van der Waals surface area (Å²) in [4.78, 5) is 0.934. The number of hydrogen-bond acceptors (Lipinski definition) is 2. The molecule has 0 bridgehead atoms. The van der Waals surface area contributed by atoms with Crippen LogP contribution in [0.4, 0.5) is 0 Å². The fourth-order valence-corrected chi connectivity index (χ4v) is 4.52. The fraction of sp³-hybridized carbons (Fsp3) is 0.538. The van der Waals surface area contributed by atoms with Crippen molar-refractivity contribution in [2.45, 2.75) is 35.9 Å². The van der Waals surface area contributed by atoms with Gasteiger partial charge < -0.3 is 0 Å². The minimum Gasteiger partial charge on any atom is -0.211 e. The second-order valence-electron chi connectivity index (χ2n) is 4.89. The molecule has 2 rings (SSSR count). The number of aryl methyl sites for hydroxylation is 1. The number of alkyl halides is 1. The molecule has 1 aromatic carbocycles. The van der Waals surface area contributed by atoms with E-state index in [9.17, 15) is 8.42 Å². The van der Waals surface area contributed by atoms with Gasteiger partial charge in [0.1, 0.15) is 0 Å². The van der Waals surface area contributed by atoms with Crippen LogP contribution < -0.4 is 4.72 Å². The third-order valence-corrected chi connectivity index (χ3v) is 5.84. The first-order chi connectivity index (χ1) is 8.49. The molecule has 3 nitrogen and oxygen atoms in total. The van der Waals surface area contributed by atoms with Gasteiger partial charge in [-0.15, -0.1) is 0 Å². The molecule has 0 spiro atoms. The molecule has 0 aromatic heterocycles. The van der Waals surface area contributed by atoms with Gasteiger partial charge in [0.05, 0.1) is 4.90 Å². The highest BCUT2D eigenvalue weighted by molar-refractivity contribution is 9.09. The van der Waals surface area contributed by atoms with Crippen LogP contribution in [0.1, 0.15) is 24.8 Å². The topological polar surface area (TPSA) is 46.2 Å². The van der Waals surface area contributed by atoms with Gasteiger partial charge >= 0.3 is 0 Å². The van der Waals surface area contributed by atoms with E-state index in [1.54, 1.807) is 12.1 Å². The van der Waals surface area contributed by atoms with Gasteiger partial charge in [0.25, 0.3) is 0 Å². The Morgan fingerprint density at radius 3 is 2.67 bits per heavy atom. The Kier molecular flexibility index (Phi) is 4.45. The summed E-state index contributed by atoms with van der Waals surface area (Å²) in [5.74, 6) is 0.452. The van der Waals surface area contributed by atoms with Crippen LogP contribution in [0.2, 0.25) is 0 Å². The van der Waals surface area contributed by atoms with Gasteiger partial charge in [-0.3, -0.25) is 0 Å². The summed E-state index contributed by atoms with van der Waals surface area (Å²) in [5, 5.41) is 0. The van der Waals surface area contributed by atoms with Gasteiger partial charge in [0.2, 0.25) is 10.0 Å². The van der Waals surface area contributed by atoms with Crippen molar-refractivity contribution in [1.29, 1.82) is 0 Å². The zero-order chi connectivity index (χ0) is 13.2. The maximum atomic E-state index is 12.2. The van der Waals surface area contributed by atoms with Crippen LogP contribution in [0.3, 0.4) is 0 Å². The largest absolute Gasteiger partial charge is 0.240 e. The standard InChI is InChI=1S/C13H18BrNO2S/c1-10-4-2-3-5-13(10)18(16,17)15-9-11-6-7-12(14)8-11/h2-5,11-12,15H,6-9H2,1H3. The van der Waals surface area contributed by atoms with Crippen molar-refractivity contribution < 1.29 is 8.42 Å². The Morgan fingerprint density at radius 1 is 1.33 bits per heavy atom. The average molecular weight is 332 g/mol. The third-order valence-electron chi connectivity index (χ3n) is 3.42. The molecule has 5 heteroatoms. The van der Waals surface area contributed by atoms with E-state index in [0.717, 1.165) is 24.8 Å². The Morgan fingerprint density at radius 2 is 2.06 bits per heavy atom. The van der Waals surface area contributed by atoms with Crippen molar-refractivity contribution in [1.82, 2.24) is 4.72 Å². The molecule has 1 aromatic rings. The molecule has 1 fully saturated rings. The Bertz CT molecular complexity index is 515. The molecule has 1 N–H and O–H groups in total. The minimum absolute atomic E-state index is 0.387. The van der Waals surface area contributed by atoms with Crippen LogP contribution in [0.25, 0.3) is 0 Å². The van der Waals surface area contributed by atoms with Crippen molar-refractivity contribution in [2.75, 3.05) is 6.54 Å². The maximum absolute atomic E-state index is 12.2. The number of benzene rings is 1. The van der Waals surface area contributed by atoms with E-state index in [2.05, 4.69) is 20.7 Å². The summed E-state index contributed by atoms with van der Waals surface area (Å²) in [6.45, 7) is 2.36. The SMILES string of the molecule is Cc1ccccc1S(=O)(=O)NCC1CCC(Br)C1. The Hall–Kier alpha value is -0.390. The molecule has 18 heavy (non-hydrogen) atoms.